The molecular weight excluding hydrogens is 448 g/mol. The van der Waals surface area contributed by atoms with Gasteiger partial charge in [-0.1, -0.05) is 12.1 Å². The van der Waals surface area contributed by atoms with Crippen molar-refractivity contribution in [3.05, 3.63) is 23.6 Å². The molecule has 0 saturated heterocycles. The Balaban J connectivity index is 4.75. The maximum absolute atomic E-state index is 11.5. The molecule has 25 heavy (non-hydrogen) atoms. The van der Waals surface area contributed by atoms with Crippen LogP contribution < -0.4 is 0 Å². The summed E-state index contributed by atoms with van der Waals surface area (Å²) in [4.78, 5) is -6.10. The first kappa shape index (κ1) is 21.9. The lowest BCUT2D eigenvalue weighted by Crippen LogP contribution is -2.16. The summed E-state index contributed by atoms with van der Waals surface area (Å²) < 4.78 is 126. The Labute approximate surface area is 146 Å². The second-order valence-electron chi connectivity index (χ2n) is 4.02. The summed E-state index contributed by atoms with van der Waals surface area (Å²) in [5, 5.41) is 0.777. The third kappa shape index (κ3) is 5.39. The van der Waals surface area contributed by atoms with E-state index in [-0.39, 0.29) is 11.3 Å². The smallest absolute Gasteiger partial charge is 0.282 e. The fourth-order valence-electron chi connectivity index (χ4n) is 1.47. The van der Waals surface area contributed by atoms with Crippen molar-refractivity contribution in [1.82, 2.24) is 0 Å². The van der Waals surface area contributed by atoms with Crippen LogP contribution in [0.1, 0.15) is 0 Å². The van der Waals surface area contributed by atoms with Gasteiger partial charge in [-0.2, -0.15) is 33.7 Å². The van der Waals surface area contributed by atoms with Crippen LogP contribution in [0.2, 0.25) is 0 Å². The van der Waals surface area contributed by atoms with Crippen molar-refractivity contribution in [2.75, 3.05) is 0 Å². The lowest BCUT2D eigenvalue weighted by molar-refractivity contribution is 0.450. The Hall–Kier alpha value is -1.18. The maximum Gasteiger partial charge on any atom is 0.305 e. The van der Waals surface area contributed by atoms with Crippen LogP contribution in [0.3, 0.4) is 0 Å². The van der Waals surface area contributed by atoms with E-state index in [2.05, 4.69) is 0 Å². The average Bonchev–Trinajstić information content (AvgIpc) is 2.42. The second-order valence-corrected chi connectivity index (χ2v) is 10.7. The number of rotatable bonds is 4. The second kappa shape index (κ2) is 6.85. The van der Waals surface area contributed by atoms with Gasteiger partial charge in [-0.15, -0.1) is 11.3 Å². The highest BCUT2D eigenvalue weighted by atomic mass is 32.3. The molecule has 0 saturated carbocycles. The summed E-state index contributed by atoms with van der Waals surface area (Å²) in [5.41, 5.74) is 0. The Morgan fingerprint density at radius 1 is 0.640 bits per heavy atom. The van der Waals surface area contributed by atoms with E-state index in [0.29, 0.717) is 6.07 Å². The van der Waals surface area contributed by atoms with Crippen molar-refractivity contribution >= 4 is 51.8 Å². The van der Waals surface area contributed by atoms with Crippen LogP contribution in [-0.4, -0.2) is 51.9 Å². The molecule has 4 N–H and O–H groups in total. The molecular formula is C8H8O12S5. The quantitative estimate of drug-likeness (QED) is 0.435. The zero-order valence-electron chi connectivity index (χ0n) is 11.4. The van der Waals surface area contributed by atoms with Gasteiger partial charge in [0.2, 0.25) is 0 Å². The predicted molar refractivity (Wildman–Crippen MR) is 81.2 cm³/mol. The first-order valence-corrected chi connectivity index (χ1v) is 12.0. The molecule has 1 heterocycles. The zero-order valence-corrected chi connectivity index (χ0v) is 15.5. The molecule has 0 fully saturated rings. The molecule has 142 valence electrons. The Morgan fingerprint density at radius 3 is 1.48 bits per heavy atom. The molecule has 12 nitrogen and oxygen atoms in total. The molecule has 0 aliphatic heterocycles. The average molecular weight is 456 g/mol. The third-order valence-electron chi connectivity index (χ3n) is 2.26. The van der Waals surface area contributed by atoms with Gasteiger partial charge in [0.15, 0.2) is 4.21 Å². The van der Waals surface area contributed by atoms with Gasteiger partial charge in [-0.25, -0.2) is 0 Å². The van der Waals surface area contributed by atoms with E-state index in [1.54, 1.807) is 0 Å². The molecule has 0 aromatic carbocycles. The van der Waals surface area contributed by atoms with Gasteiger partial charge < -0.3 is 0 Å². The van der Waals surface area contributed by atoms with Gasteiger partial charge in [-0.05, 0) is 11.4 Å². The molecule has 0 bridgehead atoms. The van der Waals surface area contributed by atoms with Crippen molar-refractivity contribution < 1.29 is 51.9 Å². The minimum Gasteiger partial charge on any atom is -0.282 e. The minimum absolute atomic E-state index is 0.130. The van der Waals surface area contributed by atoms with Crippen LogP contribution in [-0.2, 0) is 40.5 Å². The van der Waals surface area contributed by atoms with E-state index >= 15 is 0 Å². The van der Waals surface area contributed by atoms with Crippen LogP contribution in [0.5, 0.6) is 0 Å². The lowest BCUT2D eigenvalue weighted by atomic mass is 10.5. The SMILES string of the molecule is O=S(=O)(O)c1ccccsc(S(=O)(=O)O)c(S(=O)(=O)O)c1S(=O)(=O)O. The van der Waals surface area contributed by atoms with E-state index in [9.17, 15) is 42.8 Å². The Bertz CT molecular complexity index is 1070. The molecule has 0 radical (unpaired) electrons. The molecule has 0 aliphatic rings. The molecule has 0 amide bonds. The van der Waals surface area contributed by atoms with E-state index in [4.69, 9.17) is 9.11 Å². The van der Waals surface area contributed by atoms with Crippen molar-refractivity contribution in [1.29, 1.82) is 0 Å². The molecule has 17 heteroatoms. The monoisotopic (exact) mass is 456 g/mol. The fourth-order valence-corrected chi connectivity index (χ4v) is 7.31. The summed E-state index contributed by atoms with van der Waals surface area (Å²) >= 11 is -0.130. The summed E-state index contributed by atoms with van der Waals surface area (Å²) in [6, 6.07) is 1.94. The summed E-state index contributed by atoms with van der Waals surface area (Å²) in [7, 11) is -22.8. The van der Waals surface area contributed by atoms with Crippen LogP contribution in [0.25, 0.3) is 0 Å². The van der Waals surface area contributed by atoms with E-state index < -0.39 is 59.4 Å². The Kier molecular flexibility index (Phi) is 5.99. The van der Waals surface area contributed by atoms with E-state index in [1.807, 2.05) is 0 Å². The predicted octanol–water partition coefficient (Wildman–Crippen LogP) is -0.141. The standard InChI is InChI=1S/C8H8O12S5/c9-22(10,11)5-3-1-2-4-21-8(25(18,19)20)7(24(15,16)17)6(5)23(12,13)14/h1-4H,(H,9,10,11)(H,12,13,14)(H,15,16,17)(H,18,19,20). The van der Waals surface area contributed by atoms with Crippen molar-refractivity contribution in [2.45, 2.75) is 18.9 Å². The zero-order chi connectivity index (χ0) is 19.8. The molecule has 0 atom stereocenters. The van der Waals surface area contributed by atoms with Crippen molar-refractivity contribution in [2.24, 2.45) is 0 Å². The van der Waals surface area contributed by atoms with Crippen LogP contribution in [0.15, 0.2) is 42.5 Å². The summed E-state index contributed by atoms with van der Waals surface area (Å²) in [5.74, 6) is 0. The van der Waals surface area contributed by atoms with Crippen LogP contribution >= 0.6 is 11.3 Å². The number of hydrogen-bond donors (Lipinski definition) is 4. The van der Waals surface area contributed by atoms with Gasteiger partial charge in [0.1, 0.15) is 14.7 Å². The molecule has 0 aliphatic carbocycles. The third-order valence-corrected chi connectivity index (χ3v) is 7.84. The summed E-state index contributed by atoms with van der Waals surface area (Å²) in [6.07, 6.45) is 0. The molecule has 1 aromatic rings. The van der Waals surface area contributed by atoms with Crippen LogP contribution in [0, 0.1) is 0 Å². The fraction of sp³-hybridized carbons (Fsp3) is 0. The van der Waals surface area contributed by atoms with E-state index in [0.717, 1.165) is 17.5 Å². The first-order chi connectivity index (χ1) is 11.0. The van der Waals surface area contributed by atoms with Crippen molar-refractivity contribution in [3.8, 4) is 0 Å². The summed E-state index contributed by atoms with van der Waals surface area (Å²) in [6.45, 7) is 0. The van der Waals surface area contributed by atoms with Gasteiger partial charge in [0.05, 0.1) is 0 Å². The van der Waals surface area contributed by atoms with Gasteiger partial charge in [0, 0.05) is 0 Å². The van der Waals surface area contributed by atoms with Gasteiger partial charge in [-0.3, -0.25) is 18.2 Å². The highest BCUT2D eigenvalue weighted by Crippen LogP contribution is 2.32. The molecule has 1 rings (SSSR count). The van der Waals surface area contributed by atoms with E-state index in [1.165, 1.54) is 0 Å². The highest BCUT2D eigenvalue weighted by molar-refractivity contribution is 7.92. The molecule has 0 spiro atoms. The lowest BCUT2D eigenvalue weighted by Gasteiger charge is -2.08. The van der Waals surface area contributed by atoms with Crippen LogP contribution in [0.4, 0.5) is 0 Å². The minimum atomic E-state index is -5.86. The molecule has 0 unspecified atom stereocenters. The maximum atomic E-state index is 11.5. The highest BCUT2D eigenvalue weighted by Gasteiger charge is 2.36. The Morgan fingerprint density at radius 2 is 1.12 bits per heavy atom. The normalized spacial score (nSPS) is 13.3. The van der Waals surface area contributed by atoms with Gasteiger partial charge in [0.25, 0.3) is 30.4 Å². The molecule has 1 aromatic heterocycles. The first-order valence-electron chi connectivity index (χ1n) is 5.36. The number of hydrogen-bond acceptors (Lipinski definition) is 9. The van der Waals surface area contributed by atoms with Crippen molar-refractivity contribution in [3.63, 3.8) is 0 Å². The van der Waals surface area contributed by atoms with Gasteiger partial charge >= 0.3 is 10.1 Å². The topological polar surface area (TPSA) is 217 Å². The largest absolute Gasteiger partial charge is 0.305 e.